The van der Waals surface area contributed by atoms with Crippen LogP contribution in [0, 0.1) is 46.8 Å². The second kappa shape index (κ2) is 13.8. The smallest absolute Gasteiger partial charge is 0.349 e. The fourth-order valence-corrected chi connectivity index (χ4v) is 6.64. The minimum atomic E-state index is -1.73. The van der Waals surface area contributed by atoms with Crippen LogP contribution in [-0.2, 0) is 0 Å². The van der Waals surface area contributed by atoms with Crippen LogP contribution >= 0.6 is 0 Å². The SMILES string of the molecule is CCCC1CCC(CCCCC2CCC(c3cc(F)c(C(=O)Oc4cc(F)c(F)c(F)c4)c(F)c3)CC2)CC1. The van der Waals surface area contributed by atoms with E-state index in [0.717, 1.165) is 49.7 Å². The molecule has 7 heteroatoms. The quantitative estimate of drug-likeness (QED) is 0.0967. The average Bonchev–Trinajstić information content (AvgIpc) is 2.90. The number of esters is 1. The molecule has 0 amide bonds. The Morgan fingerprint density at radius 2 is 1.15 bits per heavy atom. The molecule has 2 aliphatic carbocycles. The second-order valence-corrected chi connectivity index (χ2v) is 11.6. The van der Waals surface area contributed by atoms with Gasteiger partial charge in [-0.2, -0.15) is 0 Å². The van der Waals surface area contributed by atoms with Crippen molar-refractivity contribution in [3.8, 4) is 5.75 Å². The van der Waals surface area contributed by atoms with Gasteiger partial charge in [-0.05, 0) is 67.1 Å². The number of benzene rings is 2. The van der Waals surface area contributed by atoms with Gasteiger partial charge in [-0.3, -0.25) is 0 Å². The van der Waals surface area contributed by atoms with E-state index in [1.165, 1.54) is 64.2 Å². The molecule has 0 saturated heterocycles. The van der Waals surface area contributed by atoms with Crippen molar-refractivity contribution in [2.24, 2.45) is 17.8 Å². The minimum Gasteiger partial charge on any atom is -0.423 e. The molecule has 0 bridgehead atoms. The molecule has 4 rings (SSSR count). The van der Waals surface area contributed by atoms with Gasteiger partial charge in [-0.15, -0.1) is 0 Å². The topological polar surface area (TPSA) is 26.3 Å². The van der Waals surface area contributed by atoms with Gasteiger partial charge < -0.3 is 4.74 Å². The van der Waals surface area contributed by atoms with Gasteiger partial charge in [0.1, 0.15) is 22.9 Å². The Hall–Kier alpha value is -2.44. The maximum absolute atomic E-state index is 14.8. The fraction of sp³-hybridized carbons (Fsp3) is 0.594. The molecule has 2 saturated carbocycles. The van der Waals surface area contributed by atoms with Gasteiger partial charge in [-0.1, -0.05) is 71.1 Å². The number of unbranched alkanes of at least 4 members (excludes halogenated alkanes) is 1. The summed E-state index contributed by atoms with van der Waals surface area (Å²) in [6.45, 7) is 2.28. The lowest BCUT2D eigenvalue weighted by Gasteiger charge is -2.30. The number of hydrogen-bond acceptors (Lipinski definition) is 2. The van der Waals surface area contributed by atoms with Crippen LogP contribution in [-0.4, -0.2) is 5.97 Å². The van der Waals surface area contributed by atoms with E-state index in [4.69, 9.17) is 4.74 Å². The van der Waals surface area contributed by atoms with Crippen molar-refractivity contribution in [3.05, 3.63) is 64.5 Å². The number of halogens is 5. The van der Waals surface area contributed by atoms with E-state index in [1.807, 2.05) is 0 Å². The summed E-state index contributed by atoms with van der Waals surface area (Å²) in [5, 5.41) is 0. The monoisotopic (exact) mass is 550 g/mol. The molecule has 2 aromatic rings. The zero-order valence-corrected chi connectivity index (χ0v) is 22.7. The summed E-state index contributed by atoms with van der Waals surface area (Å²) in [4.78, 5) is 12.3. The van der Waals surface area contributed by atoms with Crippen molar-refractivity contribution >= 4 is 5.97 Å². The van der Waals surface area contributed by atoms with E-state index in [2.05, 4.69) is 6.92 Å². The van der Waals surface area contributed by atoms with Crippen molar-refractivity contribution in [2.75, 3.05) is 0 Å². The molecule has 0 N–H and O–H groups in total. The summed E-state index contributed by atoms with van der Waals surface area (Å²) < 4.78 is 74.2. The predicted octanol–water partition coefficient (Wildman–Crippen LogP) is 10.0. The highest BCUT2D eigenvalue weighted by atomic mass is 19.2. The lowest BCUT2D eigenvalue weighted by atomic mass is 9.76. The number of carbonyl (C=O) groups excluding carboxylic acids is 1. The molecule has 0 aromatic heterocycles. The summed E-state index contributed by atoms with van der Waals surface area (Å²) in [6.07, 6.45) is 17.0. The molecule has 0 radical (unpaired) electrons. The van der Waals surface area contributed by atoms with Gasteiger partial charge in [-0.25, -0.2) is 26.7 Å². The molecule has 0 atom stereocenters. The molecule has 0 aliphatic heterocycles. The highest BCUT2D eigenvalue weighted by Gasteiger charge is 2.27. The maximum atomic E-state index is 14.8. The Labute approximate surface area is 228 Å². The average molecular weight is 551 g/mol. The predicted molar refractivity (Wildman–Crippen MR) is 141 cm³/mol. The fourth-order valence-electron chi connectivity index (χ4n) is 6.64. The molecule has 214 valence electrons. The highest BCUT2D eigenvalue weighted by molar-refractivity contribution is 5.91. The summed E-state index contributed by atoms with van der Waals surface area (Å²) in [5.74, 6) is -6.70. The van der Waals surface area contributed by atoms with Crippen molar-refractivity contribution < 1.29 is 31.5 Å². The van der Waals surface area contributed by atoms with Crippen molar-refractivity contribution in [1.82, 2.24) is 0 Å². The van der Waals surface area contributed by atoms with E-state index >= 15 is 0 Å². The largest absolute Gasteiger partial charge is 0.423 e. The highest BCUT2D eigenvalue weighted by Crippen LogP contribution is 2.39. The Morgan fingerprint density at radius 1 is 0.692 bits per heavy atom. The number of ether oxygens (including phenoxy) is 1. The molecule has 0 spiro atoms. The molecule has 0 heterocycles. The van der Waals surface area contributed by atoms with E-state index < -0.39 is 46.4 Å². The van der Waals surface area contributed by atoms with Crippen molar-refractivity contribution in [2.45, 2.75) is 103 Å². The number of carbonyl (C=O) groups is 1. The van der Waals surface area contributed by atoms with Crippen LogP contribution < -0.4 is 4.74 Å². The van der Waals surface area contributed by atoms with Gasteiger partial charge in [0.2, 0.25) is 0 Å². The Morgan fingerprint density at radius 3 is 1.64 bits per heavy atom. The first-order valence-corrected chi connectivity index (χ1v) is 14.6. The molecule has 2 aliphatic rings. The molecule has 2 aromatic carbocycles. The van der Waals surface area contributed by atoms with Crippen LogP contribution in [0.3, 0.4) is 0 Å². The van der Waals surface area contributed by atoms with Crippen LogP contribution in [0.15, 0.2) is 24.3 Å². The van der Waals surface area contributed by atoms with E-state index in [-0.39, 0.29) is 5.92 Å². The van der Waals surface area contributed by atoms with Crippen molar-refractivity contribution in [3.63, 3.8) is 0 Å². The van der Waals surface area contributed by atoms with Crippen LogP contribution in [0.2, 0.25) is 0 Å². The van der Waals surface area contributed by atoms with E-state index in [9.17, 15) is 26.7 Å². The standard InChI is InChI=1S/C32H39F5O2/c1-2-5-20-8-10-21(11-9-20)6-3-4-7-22-12-14-23(15-13-22)24-16-26(33)30(27(34)17-24)32(38)39-25-18-28(35)31(37)29(36)19-25/h16-23H,2-15H2,1H3. The number of hydrogen-bond donors (Lipinski definition) is 0. The lowest BCUT2D eigenvalue weighted by Crippen LogP contribution is -2.17. The van der Waals surface area contributed by atoms with Gasteiger partial charge in [0, 0.05) is 12.1 Å². The van der Waals surface area contributed by atoms with Gasteiger partial charge in [0.05, 0.1) is 0 Å². The van der Waals surface area contributed by atoms with E-state index in [1.54, 1.807) is 0 Å². The Kier molecular flexibility index (Phi) is 10.4. The van der Waals surface area contributed by atoms with Crippen molar-refractivity contribution in [1.29, 1.82) is 0 Å². The van der Waals surface area contributed by atoms with Crippen LogP contribution in [0.5, 0.6) is 5.75 Å². The molecular formula is C32H39F5O2. The third-order valence-corrected chi connectivity index (χ3v) is 8.89. The summed E-state index contributed by atoms with van der Waals surface area (Å²) in [5.41, 5.74) is -0.450. The van der Waals surface area contributed by atoms with E-state index in [0.29, 0.717) is 23.6 Å². The Balaban J connectivity index is 1.23. The van der Waals surface area contributed by atoms with Gasteiger partial charge in [0.25, 0.3) is 0 Å². The van der Waals surface area contributed by atoms with Crippen LogP contribution in [0.4, 0.5) is 22.0 Å². The summed E-state index contributed by atoms with van der Waals surface area (Å²) >= 11 is 0. The minimum absolute atomic E-state index is 0.00826. The van der Waals surface area contributed by atoms with Gasteiger partial charge in [0.15, 0.2) is 17.5 Å². The zero-order chi connectivity index (χ0) is 27.9. The summed E-state index contributed by atoms with van der Waals surface area (Å²) in [7, 11) is 0. The second-order valence-electron chi connectivity index (χ2n) is 11.6. The van der Waals surface area contributed by atoms with Gasteiger partial charge >= 0.3 is 5.97 Å². The third-order valence-electron chi connectivity index (χ3n) is 8.89. The first kappa shape index (κ1) is 29.5. The van der Waals surface area contributed by atoms with Crippen LogP contribution in [0.25, 0.3) is 0 Å². The maximum Gasteiger partial charge on any atom is 0.349 e. The Bertz CT molecular complexity index is 1070. The number of rotatable bonds is 10. The van der Waals surface area contributed by atoms with Crippen LogP contribution in [0.1, 0.15) is 119 Å². The molecular weight excluding hydrogens is 511 g/mol. The molecule has 2 fully saturated rings. The normalized spacial score (nSPS) is 23.5. The third kappa shape index (κ3) is 7.82. The molecule has 0 unspecified atom stereocenters. The molecule has 39 heavy (non-hydrogen) atoms. The zero-order valence-electron chi connectivity index (χ0n) is 22.7. The first-order valence-electron chi connectivity index (χ1n) is 14.6. The molecule has 2 nitrogen and oxygen atoms in total. The lowest BCUT2D eigenvalue weighted by molar-refractivity contribution is 0.0723. The summed E-state index contributed by atoms with van der Waals surface area (Å²) in [6, 6.07) is 3.17. The first-order chi connectivity index (χ1) is 18.7.